The summed E-state index contributed by atoms with van der Waals surface area (Å²) in [6.07, 6.45) is 3.35. The van der Waals surface area contributed by atoms with Crippen molar-refractivity contribution >= 4 is 28.3 Å². The fourth-order valence-electron chi connectivity index (χ4n) is 2.69. The molecule has 6 heteroatoms. The Labute approximate surface area is 151 Å². The number of methoxy groups -OCH3 is 1. The largest absolute Gasteiger partial charge is 0.469 e. The minimum Gasteiger partial charge on any atom is -0.469 e. The monoisotopic (exact) mass is 348 g/mol. The number of hydrogen-bond acceptors (Lipinski definition) is 5. The van der Waals surface area contributed by atoms with Crippen LogP contribution in [0.2, 0.25) is 0 Å². The summed E-state index contributed by atoms with van der Waals surface area (Å²) in [5, 5.41) is 1.94. The number of aliphatic imine (C=N–C) groups is 1. The first kappa shape index (κ1) is 17.5. The van der Waals surface area contributed by atoms with E-state index in [0.717, 1.165) is 33.3 Å². The van der Waals surface area contributed by atoms with Gasteiger partial charge in [-0.3, -0.25) is 9.78 Å². The van der Waals surface area contributed by atoms with Crippen molar-refractivity contribution in [3.63, 3.8) is 0 Å². The number of aromatic nitrogens is 2. The van der Waals surface area contributed by atoms with E-state index in [2.05, 4.69) is 15.0 Å². The van der Waals surface area contributed by atoms with Gasteiger partial charge in [0, 0.05) is 18.0 Å². The third-order valence-corrected chi connectivity index (χ3v) is 4.12. The van der Waals surface area contributed by atoms with Crippen LogP contribution in [-0.4, -0.2) is 28.9 Å². The minimum atomic E-state index is -0.0778. The Hall–Kier alpha value is -3.28. The van der Waals surface area contributed by atoms with E-state index in [1.54, 1.807) is 6.20 Å². The van der Waals surface area contributed by atoms with Crippen molar-refractivity contribution in [2.45, 2.75) is 20.3 Å². The van der Waals surface area contributed by atoms with Crippen LogP contribution >= 0.6 is 0 Å². The van der Waals surface area contributed by atoms with Crippen LogP contribution in [0.15, 0.2) is 47.7 Å². The molecule has 3 rings (SSSR count). The molecule has 0 aliphatic carbocycles. The molecule has 0 atom stereocenters. The molecule has 0 spiro atoms. The van der Waals surface area contributed by atoms with Crippen LogP contribution in [0.3, 0.4) is 0 Å². The van der Waals surface area contributed by atoms with Crippen LogP contribution < -0.4 is 5.73 Å². The van der Waals surface area contributed by atoms with E-state index in [0.29, 0.717) is 5.69 Å². The highest BCUT2D eigenvalue weighted by Gasteiger charge is 2.11. The minimum absolute atomic E-state index is 0.0778. The van der Waals surface area contributed by atoms with Crippen LogP contribution in [0.4, 0.5) is 5.69 Å². The van der Waals surface area contributed by atoms with Gasteiger partial charge in [0.15, 0.2) is 5.78 Å². The quantitative estimate of drug-likeness (QED) is 0.444. The number of rotatable bonds is 4. The number of nitrogens with two attached hydrogens (primary N) is 1. The third kappa shape index (κ3) is 3.69. The smallest absolute Gasteiger partial charge is 0.286 e. The van der Waals surface area contributed by atoms with Crippen LogP contribution in [0.1, 0.15) is 27.3 Å². The summed E-state index contributed by atoms with van der Waals surface area (Å²) in [5.74, 6) is -0.0778. The molecule has 1 aromatic heterocycles. The molecule has 26 heavy (non-hydrogen) atoms. The lowest BCUT2D eigenvalue weighted by Crippen LogP contribution is -2.12. The predicted octanol–water partition coefficient (Wildman–Crippen LogP) is 3.26. The first-order chi connectivity index (χ1) is 12.5. The van der Waals surface area contributed by atoms with Crippen molar-refractivity contribution in [1.29, 1.82) is 0 Å². The summed E-state index contributed by atoms with van der Waals surface area (Å²) in [6, 6.07) is 9.96. The normalized spacial score (nSPS) is 11.6. The Morgan fingerprint density at radius 3 is 2.62 bits per heavy atom. The second-order valence-electron chi connectivity index (χ2n) is 6.08. The number of benzene rings is 2. The zero-order valence-electron chi connectivity index (χ0n) is 15.0. The summed E-state index contributed by atoms with van der Waals surface area (Å²) in [4.78, 5) is 25.1. The van der Waals surface area contributed by atoms with Crippen LogP contribution in [-0.2, 0) is 11.2 Å². The van der Waals surface area contributed by atoms with Crippen molar-refractivity contribution in [3.8, 4) is 0 Å². The number of aryl methyl sites for hydroxylation is 2. The molecule has 3 aromatic rings. The lowest BCUT2D eigenvalue weighted by Gasteiger charge is -2.09. The SMILES string of the molecule is COC(N)=Nc1c(C)ccc2ccc(CC(=O)c3cnc(C)cn3)cc12. The molecular formula is C20H20N4O2. The van der Waals surface area contributed by atoms with E-state index >= 15 is 0 Å². The summed E-state index contributed by atoms with van der Waals surface area (Å²) < 4.78 is 4.98. The highest BCUT2D eigenvalue weighted by atomic mass is 16.5. The summed E-state index contributed by atoms with van der Waals surface area (Å²) in [6.45, 7) is 3.79. The highest BCUT2D eigenvalue weighted by molar-refractivity contribution is 5.99. The van der Waals surface area contributed by atoms with Gasteiger partial charge in [-0.05, 0) is 36.4 Å². The maximum Gasteiger partial charge on any atom is 0.286 e. The molecule has 0 bridgehead atoms. The van der Waals surface area contributed by atoms with Crippen molar-refractivity contribution in [2.24, 2.45) is 10.7 Å². The number of fused-ring (bicyclic) bond motifs is 1. The van der Waals surface area contributed by atoms with Crippen molar-refractivity contribution in [1.82, 2.24) is 9.97 Å². The van der Waals surface area contributed by atoms with Gasteiger partial charge in [0.05, 0.1) is 24.7 Å². The van der Waals surface area contributed by atoms with Gasteiger partial charge in [-0.2, -0.15) is 4.99 Å². The number of hydrogen-bond donors (Lipinski definition) is 1. The predicted molar refractivity (Wildman–Crippen MR) is 102 cm³/mol. The molecule has 0 saturated heterocycles. The second-order valence-corrected chi connectivity index (χ2v) is 6.08. The number of amidine groups is 1. The summed E-state index contributed by atoms with van der Waals surface area (Å²) >= 11 is 0. The fraction of sp³-hybridized carbons (Fsp3) is 0.200. The number of ketones is 1. The summed E-state index contributed by atoms with van der Waals surface area (Å²) in [5.41, 5.74) is 9.47. The Bertz CT molecular complexity index is 995. The van der Waals surface area contributed by atoms with E-state index < -0.39 is 0 Å². The topological polar surface area (TPSA) is 90.5 Å². The molecule has 132 valence electrons. The maximum absolute atomic E-state index is 12.5. The molecule has 0 aliphatic rings. The molecule has 0 radical (unpaired) electrons. The Morgan fingerprint density at radius 1 is 1.15 bits per heavy atom. The van der Waals surface area contributed by atoms with E-state index in [9.17, 15) is 4.79 Å². The lowest BCUT2D eigenvalue weighted by molar-refractivity contribution is 0.0988. The van der Waals surface area contributed by atoms with Gasteiger partial charge in [-0.1, -0.05) is 24.3 Å². The van der Waals surface area contributed by atoms with Gasteiger partial charge >= 0.3 is 0 Å². The van der Waals surface area contributed by atoms with E-state index in [1.807, 2.05) is 44.2 Å². The molecule has 2 aromatic carbocycles. The van der Waals surface area contributed by atoms with Crippen molar-refractivity contribution < 1.29 is 9.53 Å². The lowest BCUT2D eigenvalue weighted by atomic mass is 9.99. The Balaban J connectivity index is 1.99. The van der Waals surface area contributed by atoms with Crippen LogP contribution in [0.5, 0.6) is 0 Å². The van der Waals surface area contributed by atoms with E-state index in [-0.39, 0.29) is 18.2 Å². The van der Waals surface area contributed by atoms with Gasteiger partial charge in [0.1, 0.15) is 5.69 Å². The average Bonchev–Trinajstić information content (AvgIpc) is 2.64. The molecular weight excluding hydrogens is 328 g/mol. The van der Waals surface area contributed by atoms with Gasteiger partial charge in [0.2, 0.25) is 0 Å². The third-order valence-electron chi connectivity index (χ3n) is 4.12. The van der Waals surface area contributed by atoms with E-state index in [4.69, 9.17) is 10.5 Å². The van der Waals surface area contributed by atoms with Gasteiger partial charge in [-0.15, -0.1) is 0 Å². The highest BCUT2D eigenvalue weighted by Crippen LogP contribution is 2.31. The van der Waals surface area contributed by atoms with E-state index in [1.165, 1.54) is 13.3 Å². The molecule has 0 aliphatic heterocycles. The number of carbonyl (C=O) groups is 1. The van der Waals surface area contributed by atoms with Crippen LogP contribution in [0.25, 0.3) is 10.8 Å². The number of Topliss-reactive ketones (excluding diaryl/α,β-unsaturated/α-hetero) is 1. The first-order valence-electron chi connectivity index (χ1n) is 8.20. The average molecular weight is 348 g/mol. The molecule has 0 unspecified atom stereocenters. The number of ether oxygens (including phenoxy) is 1. The van der Waals surface area contributed by atoms with Gasteiger partial charge < -0.3 is 10.5 Å². The van der Waals surface area contributed by atoms with Crippen molar-refractivity contribution in [3.05, 3.63) is 65.2 Å². The Morgan fingerprint density at radius 2 is 1.92 bits per heavy atom. The fourth-order valence-corrected chi connectivity index (χ4v) is 2.69. The molecule has 1 heterocycles. The standard InChI is InChI=1S/C20H20N4O2/c1-12-4-6-15-7-5-14(8-16(15)19(12)24-20(21)26-3)9-18(25)17-11-22-13(2)10-23-17/h4-8,10-11H,9H2,1-3H3,(H2,21,24). The van der Waals surface area contributed by atoms with Crippen LogP contribution in [0, 0.1) is 13.8 Å². The molecule has 0 saturated carbocycles. The second kappa shape index (κ2) is 7.31. The Kier molecular flexibility index (Phi) is 4.93. The maximum atomic E-state index is 12.5. The zero-order valence-corrected chi connectivity index (χ0v) is 15.0. The molecule has 0 amide bonds. The van der Waals surface area contributed by atoms with Crippen molar-refractivity contribution in [2.75, 3.05) is 7.11 Å². The van der Waals surface area contributed by atoms with Gasteiger partial charge in [-0.25, -0.2) is 4.98 Å². The molecule has 6 nitrogen and oxygen atoms in total. The molecule has 2 N–H and O–H groups in total. The summed E-state index contributed by atoms with van der Waals surface area (Å²) in [7, 11) is 1.48. The molecule has 0 fully saturated rings. The number of nitrogens with zero attached hydrogens (tertiary/aromatic N) is 3. The number of carbonyl (C=O) groups excluding carboxylic acids is 1. The van der Waals surface area contributed by atoms with Gasteiger partial charge in [0.25, 0.3) is 6.02 Å². The zero-order chi connectivity index (χ0) is 18.7. The first-order valence-corrected chi connectivity index (χ1v) is 8.20.